The molecule has 9 rings (SSSR count). The monoisotopic (exact) mass is 1130 g/mol. The first kappa shape index (κ1) is 59.7. The van der Waals surface area contributed by atoms with Gasteiger partial charge in [0.2, 0.25) is 11.3 Å². The summed E-state index contributed by atoms with van der Waals surface area (Å²) in [6.45, 7) is 9.56. The van der Waals surface area contributed by atoms with Crippen LogP contribution in [0.2, 0.25) is 0 Å². The molecule has 4 aromatic rings. The Bertz CT molecular complexity index is 3360. The average Bonchev–Trinajstić information content (AvgIpc) is 1.32. The number of aliphatic hydroxyl groups excluding tert-OH is 1. The van der Waals surface area contributed by atoms with E-state index in [1.807, 2.05) is 99.6 Å². The quantitative estimate of drug-likeness (QED) is 0.0304. The van der Waals surface area contributed by atoms with Crippen LogP contribution in [-0.2, 0) is 47.6 Å². The van der Waals surface area contributed by atoms with Crippen LogP contribution >= 0.6 is 0 Å². The van der Waals surface area contributed by atoms with Gasteiger partial charge in [-0.05, 0) is 80.2 Å². The summed E-state index contributed by atoms with van der Waals surface area (Å²) in [6.07, 6.45) is 3.66. The van der Waals surface area contributed by atoms with Gasteiger partial charge in [-0.15, -0.1) is 0 Å². The normalized spacial score (nSPS) is 29.9. The molecule has 0 spiro atoms. The predicted octanol–water partition coefficient (Wildman–Crippen LogP) is 7.58. The topological polar surface area (TPSA) is 230 Å². The second kappa shape index (κ2) is 22.7. The van der Waals surface area contributed by atoms with Gasteiger partial charge in [-0.25, -0.2) is 9.59 Å². The Morgan fingerprint density at radius 3 is 2.23 bits per heavy atom. The summed E-state index contributed by atoms with van der Waals surface area (Å²) in [5, 5.41) is 30.1. The molecule has 3 N–H and O–H groups in total. The number of ketones is 1. The lowest BCUT2D eigenvalue weighted by Crippen LogP contribution is -2.82. The molecule has 2 heterocycles. The Balaban J connectivity index is 1.01. The molecule has 1 aliphatic heterocycles. The summed E-state index contributed by atoms with van der Waals surface area (Å²) in [7, 11) is 10.4. The van der Waals surface area contributed by atoms with Crippen LogP contribution in [-0.4, -0.2) is 143 Å². The van der Waals surface area contributed by atoms with E-state index in [1.165, 1.54) is 21.1 Å². The van der Waals surface area contributed by atoms with Crippen molar-refractivity contribution in [3.63, 3.8) is 0 Å². The largest absolute Gasteiger partial charge is 0.456 e. The zero-order chi connectivity index (χ0) is 59.4. The van der Waals surface area contributed by atoms with Crippen molar-refractivity contribution in [2.75, 3.05) is 58.8 Å². The Hall–Kier alpha value is -6.96. The number of hydrogen-bond acceptors (Lipinski definition) is 17. The average molecular weight is 1130 g/mol. The fourth-order valence-corrected chi connectivity index (χ4v) is 13.7. The number of hydrogen-bond donors (Lipinski definition) is 3. The molecule has 1 aromatic heterocycles. The number of carbonyl (C=O) groups excluding carboxylic acids is 5. The highest BCUT2D eigenvalue weighted by molar-refractivity contribution is 5.98. The molecule has 18 heteroatoms. The van der Waals surface area contributed by atoms with Gasteiger partial charge in [-0.2, -0.15) is 0 Å². The number of amides is 1. The van der Waals surface area contributed by atoms with Crippen molar-refractivity contribution in [1.82, 2.24) is 5.32 Å². The molecule has 1 unspecified atom stereocenters. The van der Waals surface area contributed by atoms with Crippen LogP contribution in [0.15, 0.2) is 111 Å². The van der Waals surface area contributed by atoms with Crippen molar-refractivity contribution in [2.24, 2.45) is 22.2 Å². The van der Waals surface area contributed by atoms with Crippen LogP contribution in [0.4, 0.5) is 11.4 Å². The van der Waals surface area contributed by atoms with E-state index in [-0.39, 0.29) is 36.0 Å². The number of carbonyl (C=O) groups is 5. The lowest BCUT2D eigenvalue weighted by molar-refractivity contribution is -0.347. The molecule has 82 heavy (non-hydrogen) atoms. The molecule has 12 atom stereocenters. The molecule has 18 nitrogen and oxygen atoms in total. The highest BCUT2D eigenvalue weighted by atomic mass is 16.6. The summed E-state index contributed by atoms with van der Waals surface area (Å²) in [6, 6.07) is 16.1. The summed E-state index contributed by atoms with van der Waals surface area (Å²) in [5.41, 5.74) is -4.17. The highest BCUT2D eigenvalue weighted by Crippen LogP contribution is 2.65. The maximum atomic E-state index is 15.8. The van der Waals surface area contributed by atoms with E-state index in [0.29, 0.717) is 52.3 Å². The molecule has 1 amide bonds. The third-order valence-electron chi connectivity index (χ3n) is 18.4. The molecule has 2 bridgehead atoms. The molecular formula is C64H77N3O15. The number of fused-ring (bicyclic) bond motifs is 7. The van der Waals surface area contributed by atoms with Gasteiger partial charge in [0.05, 0.1) is 46.4 Å². The van der Waals surface area contributed by atoms with E-state index >= 15 is 4.79 Å². The second-order valence-corrected chi connectivity index (χ2v) is 24.1. The van der Waals surface area contributed by atoms with Crippen LogP contribution in [0, 0.1) is 22.2 Å². The molecule has 1 saturated heterocycles. The number of nitrogens with one attached hydrogen (secondary N) is 1. The van der Waals surface area contributed by atoms with E-state index in [4.69, 9.17) is 32.8 Å². The van der Waals surface area contributed by atoms with E-state index in [0.717, 1.165) is 11.4 Å². The Morgan fingerprint density at radius 2 is 1.61 bits per heavy atom. The highest BCUT2D eigenvalue weighted by Gasteiger charge is 2.78. The molecule has 3 aromatic carbocycles. The van der Waals surface area contributed by atoms with E-state index < -0.39 is 112 Å². The van der Waals surface area contributed by atoms with Gasteiger partial charge in [0.1, 0.15) is 41.2 Å². The molecule has 438 valence electrons. The minimum Gasteiger partial charge on any atom is -0.456 e. The first-order chi connectivity index (χ1) is 38.8. The molecule has 2 saturated carbocycles. The van der Waals surface area contributed by atoms with Gasteiger partial charge < -0.3 is 58.2 Å². The smallest absolute Gasteiger partial charge is 0.338 e. The maximum absolute atomic E-state index is 15.8. The van der Waals surface area contributed by atoms with Crippen LogP contribution in [0.25, 0.3) is 28.0 Å². The number of rotatable bonds is 17. The predicted molar refractivity (Wildman–Crippen MR) is 309 cm³/mol. The number of allylic oxidation sites excluding steroid dienone is 4. The number of nitrogens with zero attached hydrogens (tertiary/aromatic N) is 2. The summed E-state index contributed by atoms with van der Waals surface area (Å²) >= 11 is 0. The second-order valence-electron chi connectivity index (χ2n) is 24.1. The standard InChI is InChI=1S/C64H77N3O15/c1-36-45(34-64(75)57(81-58(73)38-22-16-13-17-23-38)54-62(6,56(72)53(77-12)50(36)60(64,3)4)46(76-11)33-47-63(54,35-78-47)82-37(2)68)80-59(74)52(71)55(61(5)28-20-15-21-29-61)65-48(69)25-19-14-18-24-39-30-41(67(9)10)32-44-49(39)51(70)42-27-26-40(66(7)8)31-43(42)79-44/h13,15-18,20-24,26-28,30-32,45-47,52-55,57,71,75H,14,19,25,29,33-35H2,1-12H3,(H,65,69)/b24-18+/t45-,46-,47+,52+,53+,54-,55+,57-,61?,62+,63-,64+/m0/s1. The Morgan fingerprint density at radius 1 is 0.902 bits per heavy atom. The van der Waals surface area contributed by atoms with Crippen molar-refractivity contribution in [1.29, 1.82) is 0 Å². The number of unbranched alkanes of at least 4 members (excludes halogenated alkanes) is 1. The van der Waals surface area contributed by atoms with Crippen molar-refractivity contribution >= 4 is 69.0 Å². The molecule has 3 fully saturated rings. The van der Waals surface area contributed by atoms with Crippen LogP contribution in [0.1, 0.15) is 96.0 Å². The summed E-state index contributed by atoms with van der Waals surface area (Å²) in [5.74, 6) is -4.96. The van der Waals surface area contributed by atoms with Crippen molar-refractivity contribution < 1.29 is 67.0 Å². The number of aliphatic hydroxyl groups is 2. The van der Waals surface area contributed by atoms with E-state index in [2.05, 4.69) is 5.32 Å². The van der Waals surface area contributed by atoms with Crippen molar-refractivity contribution in [2.45, 2.75) is 134 Å². The fraction of sp³-hybridized carbons (Fsp3) is 0.500. The van der Waals surface area contributed by atoms with Crippen molar-refractivity contribution in [3.8, 4) is 0 Å². The molecule has 4 aliphatic carbocycles. The summed E-state index contributed by atoms with van der Waals surface area (Å²) in [4.78, 5) is 90.4. The van der Waals surface area contributed by atoms with Crippen LogP contribution < -0.4 is 20.5 Å². The van der Waals surface area contributed by atoms with Crippen LogP contribution in [0.3, 0.4) is 0 Å². The lowest BCUT2D eigenvalue weighted by Gasteiger charge is -2.67. The first-order valence-electron chi connectivity index (χ1n) is 28.0. The SMILES string of the molecule is CO[C@H]1C(=O)[C@]2(C)[C@@H](OC)C[C@H]3OC[C@@]3(OC(C)=O)[C@H]2[C@H](OC(=O)c2ccccc2)[C@]2(O)C[C@H](OC(=O)[C@H](O)[C@@H](NC(=O)CCC/C=C/c3cc(N(C)C)cc4oc5cc(N(C)C)ccc5c(=O)c34)C3(C)C=CC=CC3)C(C)=C1C2(C)C. The van der Waals surface area contributed by atoms with Gasteiger partial charge >= 0.3 is 17.9 Å². The van der Waals surface area contributed by atoms with Gasteiger partial charge in [0, 0.05) is 103 Å². The molecular weight excluding hydrogens is 1050 g/mol. The molecule has 5 aliphatic rings. The number of methoxy groups -OCH3 is 2. The number of esters is 3. The minimum atomic E-state index is -2.25. The zero-order valence-corrected chi connectivity index (χ0v) is 48.9. The third kappa shape index (κ3) is 10.2. The van der Waals surface area contributed by atoms with Gasteiger partial charge in [0.15, 0.2) is 17.5 Å². The Kier molecular flexibility index (Phi) is 16.5. The maximum Gasteiger partial charge on any atom is 0.338 e. The summed E-state index contributed by atoms with van der Waals surface area (Å²) < 4.78 is 43.9. The fourth-order valence-electron chi connectivity index (χ4n) is 13.7. The zero-order valence-electron chi connectivity index (χ0n) is 48.9. The molecule has 0 radical (unpaired) electrons. The first-order valence-corrected chi connectivity index (χ1v) is 28.0. The van der Waals surface area contributed by atoms with Crippen LogP contribution in [0.5, 0.6) is 0 Å². The number of ether oxygens (including phenoxy) is 6. The van der Waals surface area contributed by atoms with E-state index in [1.54, 1.807) is 70.2 Å². The number of benzene rings is 3. The van der Waals surface area contributed by atoms with Gasteiger partial charge in [0.25, 0.3) is 0 Å². The van der Waals surface area contributed by atoms with E-state index in [9.17, 15) is 34.2 Å². The number of Topliss-reactive ketones (excluding diaryl/α,β-unsaturated/α-hetero) is 1. The minimum absolute atomic E-state index is 0.00786. The van der Waals surface area contributed by atoms with Crippen molar-refractivity contribution in [3.05, 3.63) is 124 Å². The number of anilines is 2. The van der Waals surface area contributed by atoms with Gasteiger partial charge in [-0.3, -0.25) is 19.2 Å². The Labute approximate surface area is 478 Å². The lowest BCUT2D eigenvalue weighted by atomic mass is 9.44. The third-order valence-corrected chi connectivity index (χ3v) is 18.4. The van der Waals surface area contributed by atoms with Gasteiger partial charge in [-0.1, -0.05) is 75.4 Å².